The molecule has 0 aromatic heterocycles. The summed E-state index contributed by atoms with van der Waals surface area (Å²) in [6, 6.07) is 3.26. The molecule has 0 amide bonds. The summed E-state index contributed by atoms with van der Waals surface area (Å²) in [6.07, 6.45) is 0. The lowest BCUT2D eigenvalue weighted by molar-refractivity contribution is -0.146. The Morgan fingerprint density at radius 1 is 1.40 bits per heavy atom. The van der Waals surface area contributed by atoms with E-state index < -0.39 is 5.97 Å². The molecule has 0 aliphatic carbocycles. The van der Waals surface area contributed by atoms with E-state index in [0.717, 1.165) is 10.0 Å². The number of carbonyl (C=O) groups excluding carboxylic acids is 1. The van der Waals surface area contributed by atoms with Crippen LogP contribution in [0.2, 0.25) is 0 Å². The fraction of sp³-hybridized carbons (Fsp3) is 0.462. The molecule has 0 fully saturated rings. The highest BCUT2D eigenvalue weighted by molar-refractivity contribution is 9.10. The highest BCUT2D eigenvalue weighted by Gasteiger charge is 2.18. The molecule has 0 radical (unpaired) electrons. The third-order valence-electron chi connectivity index (χ3n) is 2.81. The Bertz CT molecular complexity index is 494. The minimum Gasteiger partial charge on any atom is -0.486 e. The normalized spacial score (nSPS) is 14.8. The fourth-order valence-electron chi connectivity index (χ4n) is 1.78. The Kier molecular flexibility index (Phi) is 5.22. The molecule has 6 nitrogen and oxygen atoms in total. The van der Waals surface area contributed by atoms with Crippen LogP contribution in [0.1, 0.15) is 11.6 Å². The Morgan fingerprint density at radius 3 is 2.70 bits per heavy atom. The smallest absolute Gasteiger partial charge is 0.331 e. The van der Waals surface area contributed by atoms with E-state index >= 15 is 0 Å². The molecular formula is C13H16BrNO5. The first-order chi connectivity index (χ1) is 9.61. The van der Waals surface area contributed by atoms with E-state index in [9.17, 15) is 4.79 Å². The van der Waals surface area contributed by atoms with Gasteiger partial charge in [0.1, 0.15) is 19.8 Å². The number of hydrogen-bond acceptors (Lipinski definition) is 6. The summed E-state index contributed by atoms with van der Waals surface area (Å²) in [5, 5.41) is 0. The zero-order chi connectivity index (χ0) is 14.5. The van der Waals surface area contributed by atoms with E-state index in [1.807, 2.05) is 12.1 Å². The van der Waals surface area contributed by atoms with Crippen LogP contribution in [0.3, 0.4) is 0 Å². The van der Waals surface area contributed by atoms with Crippen molar-refractivity contribution >= 4 is 21.9 Å². The molecule has 0 bridgehead atoms. The molecule has 1 heterocycles. The minimum absolute atomic E-state index is 0.119. The SMILES string of the molecule is COC(=O)COCC(N)c1cc2c(cc1Br)OCCO2. The molecule has 7 heteroatoms. The van der Waals surface area contributed by atoms with Crippen LogP contribution >= 0.6 is 15.9 Å². The van der Waals surface area contributed by atoms with Crippen molar-refractivity contribution in [2.45, 2.75) is 6.04 Å². The third-order valence-corrected chi connectivity index (χ3v) is 3.49. The number of hydrogen-bond donors (Lipinski definition) is 1. The lowest BCUT2D eigenvalue weighted by Gasteiger charge is -2.21. The van der Waals surface area contributed by atoms with Crippen molar-refractivity contribution in [3.63, 3.8) is 0 Å². The molecule has 20 heavy (non-hydrogen) atoms. The first-order valence-corrected chi connectivity index (χ1v) is 6.90. The maximum atomic E-state index is 11.0. The van der Waals surface area contributed by atoms with Crippen LogP contribution in [0.25, 0.3) is 0 Å². The van der Waals surface area contributed by atoms with Crippen LogP contribution in [0.15, 0.2) is 16.6 Å². The average molecular weight is 346 g/mol. The highest BCUT2D eigenvalue weighted by atomic mass is 79.9. The van der Waals surface area contributed by atoms with Crippen LogP contribution < -0.4 is 15.2 Å². The van der Waals surface area contributed by atoms with E-state index in [4.69, 9.17) is 19.9 Å². The van der Waals surface area contributed by atoms with Crippen molar-refractivity contribution in [2.75, 3.05) is 33.5 Å². The Hall–Kier alpha value is -1.31. The van der Waals surface area contributed by atoms with Crippen LogP contribution in [0.5, 0.6) is 11.5 Å². The van der Waals surface area contributed by atoms with Crippen molar-refractivity contribution < 1.29 is 23.7 Å². The van der Waals surface area contributed by atoms with Gasteiger partial charge < -0.3 is 24.7 Å². The van der Waals surface area contributed by atoms with Gasteiger partial charge in [0.05, 0.1) is 19.8 Å². The quantitative estimate of drug-likeness (QED) is 0.812. The molecular weight excluding hydrogens is 330 g/mol. The average Bonchev–Trinajstić information content (AvgIpc) is 2.46. The third kappa shape index (κ3) is 3.62. The van der Waals surface area contributed by atoms with E-state index in [0.29, 0.717) is 24.7 Å². The number of rotatable bonds is 5. The summed E-state index contributed by atoms with van der Waals surface area (Å²) >= 11 is 3.45. The number of carbonyl (C=O) groups is 1. The summed E-state index contributed by atoms with van der Waals surface area (Å²) in [6.45, 7) is 1.13. The number of halogens is 1. The van der Waals surface area contributed by atoms with Gasteiger partial charge in [-0.15, -0.1) is 0 Å². The van der Waals surface area contributed by atoms with Crippen molar-refractivity contribution in [1.82, 2.24) is 0 Å². The molecule has 1 aromatic carbocycles. The maximum Gasteiger partial charge on any atom is 0.331 e. The molecule has 2 rings (SSSR count). The largest absolute Gasteiger partial charge is 0.486 e. The Labute approximate surface area is 125 Å². The Morgan fingerprint density at radius 2 is 2.05 bits per heavy atom. The molecule has 0 spiro atoms. The Balaban J connectivity index is 2.02. The van der Waals surface area contributed by atoms with Crippen molar-refractivity contribution in [1.29, 1.82) is 0 Å². The van der Waals surface area contributed by atoms with Gasteiger partial charge in [0.25, 0.3) is 0 Å². The second-order valence-electron chi connectivity index (χ2n) is 4.22. The van der Waals surface area contributed by atoms with Gasteiger partial charge in [0, 0.05) is 4.47 Å². The molecule has 1 atom stereocenters. The predicted molar refractivity (Wildman–Crippen MR) is 74.9 cm³/mol. The van der Waals surface area contributed by atoms with Crippen molar-refractivity contribution in [3.05, 3.63) is 22.2 Å². The van der Waals surface area contributed by atoms with Crippen LogP contribution in [0.4, 0.5) is 0 Å². The summed E-state index contributed by atoms with van der Waals surface area (Å²) in [4.78, 5) is 11.0. The summed E-state index contributed by atoms with van der Waals surface area (Å²) in [5.74, 6) is 0.922. The van der Waals surface area contributed by atoms with Crippen LogP contribution in [-0.4, -0.2) is 39.5 Å². The summed E-state index contributed by atoms with van der Waals surface area (Å²) in [5.41, 5.74) is 6.89. The predicted octanol–water partition coefficient (Wildman–Crippen LogP) is 1.41. The zero-order valence-corrected chi connectivity index (χ0v) is 12.6. The summed E-state index contributed by atoms with van der Waals surface area (Å²) in [7, 11) is 1.31. The topological polar surface area (TPSA) is 80.0 Å². The van der Waals surface area contributed by atoms with Gasteiger partial charge in [-0.05, 0) is 17.7 Å². The van der Waals surface area contributed by atoms with Gasteiger partial charge >= 0.3 is 5.97 Å². The lowest BCUT2D eigenvalue weighted by Crippen LogP contribution is -2.22. The van der Waals surface area contributed by atoms with Gasteiger partial charge in [-0.3, -0.25) is 0 Å². The molecule has 110 valence electrons. The van der Waals surface area contributed by atoms with E-state index in [2.05, 4.69) is 20.7 Å². The number of fused-ring (bicyclic) bond motifs is 1. The number of nitrogens with two attached hydrogens (primary N) is 1. The lowest BCUT2D eigenvalue weighted by atomic mass is 10.1. The second kappa shape index (κ2) is 6.92. The monoisotopic (exact) mass is 345 g/mol. The van der Waals surface area contributed by atoms with Crippen LogP contribution in [0, 0.1) is 0 Å². The molecule has 1 unspecified atom stereocenters. The van der Waals surface area contributed by atoms with E-state index in [-0.39, 0.29) is 19.3 Å². The van der Waals surface area contributed by atoms with Crippen LogP contribution in [-0.2, 0) is 14.3 Å². The van der Waals surface area contributed by atoms with E-state index in [1.54, 1.807) is 0 Å². The van der Waals surface area contributed by atoms with E-state index in [1.165, 1.54) is 7.11 Å². The standard InChI is InChI=1S/C13H16BrNO5/c1-17-13(16)7-18-6-10(15)8-4-11-12(5-9(8)14)20-3-2-19-11/h4-5,10H,2-3,6-7,15H2,1H3. The molecule has 1 aliphatic rings. The highest BCUT2D eigenvalue weighted by Crippen LogP contribution is 2.37. The maximum absolute atomic E-state index is 11.0. The van der Waals surface area contributed by atoms with Gasteiger partial charge in [-0.1, -0.05) is 15.9 Å². The van der Waals surface area contributed by atoms with Gasteiger partial charge in [-0.25, -0.2) is 4.79 Å². The number of benzene rings is 1. The molecule has 2 N–H and O–H groups in total. The molecule has 0 saturated heterocycles. The fourth-order valence-corrected chi connectivity index (χ4v) is 2.40. The van der Waals surface area contributed by atoms with Gasteiger partial charge in [0.15, 0.2) is 11.5 Å². The van der Waals surface area contributed by atoms with Gasteiger partial charge in [-0.2, -0.15) is 0 Å². The number of methoxy groups -OCH3 is 1. The first kappa shape index (κ1) is 15.1. The van der Waals surface area contributed by atoms with Crippen molar-refractivity contribution in [3.8, 4) is 11.5 Å². The molecule has 0 saturated carbocycles. The zero-order valence-electron chi connectivity index (χ0n) is 11.1. The molecule has 1 aromatic rings. The summed E-state index contributed by atoms with van der Waals surface area (Å²) < 4.78 is 21.5. The minimum atomic E-state index is -0.432. The number of esters is 1. The first-order valence-electron chi connectivity index (χ1n) is 6.11. The van der Waals surface area contributed by atoms with Crippen molar-refractivity contribution in [2.24, 2.45) is 5.73 Å². The number of ether oxygens (including phenoxy) is 4. The molecule has 1 aliphatic heterocycles. The van der Waals surface area contributed by atoms with Gasteiger partial charge in [0.2, 0.25) is 0 Å². The second-order valence-corrected chi connectivity index (χ2v) is 5.07.